The zero-order chi connectivity index (χ0) is 43.6. The van der Waals surface area contributed by atoms with Gasteiger partial charge in [-0.2, -0.15) is 0 Å². The topological polar surface area (TPSA) is 162 Å². The number of ether oxygens (including phenoxy) is 4. The van der Waals surface area contributed by atoms with Crippen LogP contribution in [0.2, 0.25) is 0 Å². The number of oxime groups is 1. The highest BCUT2D eigenvalue weighted by molar-refractivity contribution is 6.03. The van der Waals surface area contributed by atoms with Crippen LogP contribution in [0, 0.1) is 27.9 Å². The Morgan fingerprint density at radius 1 is 0.952 bits per heavy atom. The van der Waals surface area contributed by atoms with Crippen LogP contribution >= 0.6 is 0 Å². The van der Waals surface area contributed by atoms with Gasteiger partial charge in [0, 0.05) is 50.3 Å². The summed E-state index contributed by atoms with van der Waals surface area (Å²) in [7, 11) is 2.99. The molecule has 2 aliphatic carbocycles. The van der Waals surface area contributed by atoms with Gasteiger partial charge >= 0.3 is 6.09 Å². The smallest absolute Gasteiger partial charge is 0.409 e. The molecule has 1 fully saturated rings. The van der Waals surface area contributed by atoms with Crippen molar-refractivity contribution in [2.75, 3.05) is 34.0 Å². The van der Waals surface area contributed by atoms with E-state index in [9.17, 15) is 25.1 Å². The number of allylic oxidation sites excluding steroid dienone is 1. The van der Waals surface area contributed by atoms with E-state index in [4.69, 9.17) is 28.9 Å². The number of non-ortho nitro benzene ring substituents is 1. The van der Waals surface area contributed by atoms with Crippen molar-refractivity contribution >= 4 is 17.5 Å². The van der Waals surface area contributed by atoms with Crippen LogP contribution in [0.5, 0.6) is 17.2 Å². The summed E-state index contributed by atoms with van der Waals surface area (Å²) < 4.78 is 25.9. The standard InChI is InChI=1S/C49H55N3O10/c1-4-28-59-49-45(51(2)48(55)58-3)31-43(50-60-32-33-16-20-37(21-17-33)52(56)57)41-29-36(14-8-10-26-53)40(15-9-11-27-54)46(47(41)49)42-30-39(24-25-44(42)62-49)61-38-22-18-35(19-23-38)34-12-6-5-7-13-34/h4-7,12-13,16-25,29-30,36,40,45-47,53-54H,1,8-11,14-15,26-28,31-32H2,2-3H3/t36-,40+,45-,46+,47+,49+/m0/s1. The lowest BCUT2D eigenvalue weighted by molar-refractivity contribution is -0.384. The number of aliphatic hydroxyl groups is 2. The molecule has 1 saturated carbocycles. The SMILES string of the molecule is C=CCO[C@@]12Oc3ccc(Oc4ccc(-c5ccccc5)cc4)cc3[C@H]3[C@H](CCCCO)[C@@H](CCCCO)C=C(C(=NOCc4ccc([N+](=O)[O-])cc4)C[C@@H]1N(C)C(=O)OC)[C@H]32. The highest BCUT2D eigenvalue weighted by Crippen LogP contribution is 2.62. The number of nitro groups is 1. The zero-order valence-electron chi connectivity index (χ0n) is 35.3. The number of methoxy groups -OCH3 is 1. The van der Waals surface area contributed by atoms with Crippen LogP contribution in [-0.2, 0) is 20.9 Å². The number of likely N-dealkylation sites (N-methyl/N-ethyl adjacent to an activating group) is 1. The van der Waals surface area contributed by atoms with Gasteiger partial charge in [0.05, 0.1) is 30.3 Å². The third-order valence-electron chi connectivity index (χ3n) is 12.3. The minimum absolute atomic E-state index is 0.0215. The van der Waals surface area contributed by atoms with Gasteiger partial charge in [0.2, 0.25) is 5.79 Å². The molecule has 1 heterocycles. The molecule has 7 rings (SSSR count). The van der Waals surface area contributed by atoms with Crippen molar-refractivity contribution in [2.45, 2.75) is 69.3 Å². The molecule has 0 bridgehead atoms. The molecule has 4 aromatic rings. The molecular weight excluding hydrogens is 791 g/mol. The number of rotatable bonds is 19. The summed E-state index contributed by atoms with van der Waals surface area (Å²) in [5, 5.41) is 35.9. The molecule has 0 aromatic heterocycles. The summed E-state index contributed by atoms with van der Waals surface area (Å²) in [5.41, 5.74) is 5.26. The van der Waals surface area contributed by atoms with E-state index < -0.39 is 28.8 Å². The third kappa shape index (κ3) is 9.40. The Kier molecular flexibility index (Phi) is 14.4. The monoisotopic (exact) mass is 845 g/mol. The fraction of sp³-hybridized carbons (Fsp3) is 0.388. The molecule has 0 unspecified atom stereocenters. The lowest BCUT2D eigenvalue weighted by Crippen LogP contribution is -2.69. The maximum Gasteiger partial charge on any atom is 0.409 e. The molecule has 13 heteroatoms. The average molecular weight is 846 g/mol. The number of carbonyl (C=O) groups is 1. The number of amides is 1. The van der Waals surface area contributed by atoms with Gasteiger partial charge in [0.25, 0.3) is 5.69 Å². The lowest BCUT2D eigenvalue weighted by Gasteiger charge is -2.59. The van der Waals surface area contributed by atoms with Gasteiger partial charge < -0.3 is 38.9 Å². The summed E-state index contributed by atoms with van der Waals surface area (Å²) in [6.07, 6.45) is 7.95. The minimum Gasteiger partial charge on any atom is -0.459 e. The minimum atomic E-state index is -1.43. The highest BCUT2D eigenvalue weighted by Gasteiger charge is 2.65. The molecule has 0 spiro atoms. The molecule has 1 aliphatic heterocycles. The first-order valence-electron chi connectivity index (χ1n) is 21.3. The number of unbranched alkanes of at least 4 members (excludes halogenated alkanes) is 2. The van der Waals surface area contributed by atoms with Crippen LogP contribution in [0.15, 0.2) is 127 Å². The normalized spacial score (nSPS) is 22.9. The van der Waals surface area contributed by atoms with E-state index in [0.717, 1.165) is 47.9 Å². The summed E-state index contributed by atoms with van der Waals surface area (Å²) in [6.45, 7) is 4.29. The summed E-state index contributed by atoms with van der Waals surface area (Å²) >= 11 is 0. The van der Waals surface area contributed by atoms with E-state index in [1.807, 2.05) is 60.7 Å². The summed E-state index contributed by atoms with van der Waals surface area (Å²) in [6, 6.07) is 29.3. The largest absolute Gasteiger partial charge is 0.459 e. The Bertz CT molecular complexity index is 2230. The molecule has 2 N–H and O–H groups in total. The van der Waals surface area contributed by atoms with Crippen molar-refractivity contribution < 1.29 is 43.7 Å². The van der Waals surface area contributed by atoms with Gasteiger partial charge in [-0.3, -0.25) is 10.1 Å². The van der Waals surface area contributed by atoms with Gasteiger partial charge in [0.1, 0.15) is 29.9 Å². The zero-order valence-corrected chi connectivity index (χ0v) is 35.3. The van der Waals surface area contributed by atoms with Crippen LogP contribution < -0.4 is 9.47 Å². The van der Waals surface area contributed by atoms with Gasteiger partial charge in [-0.05, 0) is 102 Å². The molecular formula is C49H55N3O10. The molecule has 326 valence electrons. The van der Waals surface area contributed by atoms with Gasteiger partial charge in [0.15, 0.2) is 0 Å². The number of aliphatic hydroxyl groups excluding tert-OH is 2. The van der Waals surface area contributed by atoms with Crippen LogP contribution in [0.4, 0.5) is 10.5 Å². The van der Waals surface area contributed by atoms with Crippen molar-refractivity contribution in [1.82, 2.24) is 4.90 Å². The predicted octanol–water partition coefficient (Wildman–Crippen LogP) is 9.59. The van der Waals surface area contributed by atoms with Crippen molar-refractivity contribution in [3.05, 3.63) is 143 Å². The second-order valence-corrected chi connectivity index (χ2v) is 16.0. The Balaban J connectivity index is 1.35. The van der Waals surface area contributed by atoms with E-state index in [1.54, 1.807) is 25.3 Å². The maximum atomic E-state index is 13.5. The molecule has 13 nitrogen and oxygen atoms in total. The number of nitrogens with zero attached hydrogens (tertiary/aromatic N) is 3. The van der Waals surface area contributed by atoms with Crippen LogP contribution in [0.1, 0.15) is 62.0 Å². The fourth-order valence-electron chi connectivity index (χ4n) is 9.44. The Morgan fingerprint density at radius 2 is 1.65 bits per heavy atom. The third-order valence-corrected chi connectivity index (χ3v) is 12.3. The summed E-state index contributed by atoms with van der Waals surface area (Å²) in [4.78, 5) is 31.9. The molecule has 6 atom stereocenters. The van der Waals surface area contributed by atoms with Gasteiger partial charge in [-0.1, -0.05) is 72.6 Å². The van der Waals surface area contributed by atoms with E-state index >= 15 is 0 Å². The average Bonchev–Trinajstić information content (AvgIpc) is 3.30. The number of fused-ring (bicyclic) bond motifs is 2. The van der Waals surface area contributed by atoms with Crippen molar-refractivity contribution in [3.63, 3.8) is 0 Å². The van der Waals surface area contributed by atoms with E-state index in [2.05, 4.69) is 24.8 Å². The van der Waals surface area contributed by atoms with E-state index in [-0.39, 0.29) is 56.3 Å². The molecule has 0 saturated heterocycles. The number of hydrogen-bond acceptors (Lipinski definition) is 11. The van der Waals surface area contributed by atoms with Crippen molar-refractivity contribution in [3.8, 4) is 28.4 Å². The first-order valence-corrected chi connectivity index (χ1v) is 21.3. The second kappa shape index (κ2) is 20.2. The highest BCUT2D eigenvalue weighted by atomic mass is 16.7. The Labute approximate surface area is 362 Å². The molecule has 3 aliphatic rings. The molecule has 1 amide bonds. The number of nitro benzene ring substituents is 1. The Morgan fingerprint density at radius 3 is 2.32 bits per heavy atom. The van der Waals surface area contributed by atoms with E-state index in [1.165, 1.54) is 24.1 Å². The number of benzene rings is 4. The maximum absolute atomic E-state index is 13.5. The van der Waals surface area contributed by atoms with E-state index in [0.29, 0.717) is 41.4 Å². The molecule has 0 radical (unpaired) electrons. The molecule has 62 heavy (non-hydrogen) atoms. The number of carbonyl (C=O) groups excluding carboxylic acids is 1. The van der Waals surface area contributed by atoms with Crippen LogP contribution in [-0.4, -0.2) is 77.6 Å². The predicted molar refractivity (Wildman–Crippen MR) is 235 cm³/mol. The quantitative estimate of drug-likeness (QED) is 0.0402. The lowest BCUT2D eigenvalue weighted by atomic mass is 9.55. The van der Waals surface area contributed by atoms with Gasteiger partial charge in [-0.15, -0.1) is 6.58 Å². The second-order valence-electron chi connectivity index (χ2n) is 16.0. The van der Waals surface area contributed by atoms with Crippen molar-refractivity contribution in [1.29, 1.82) is 0 Å². The molecule has 4 aromatic carbocycles. The fourth-order valence-corrected chi connectivity index (χ4v) is 9.44. The number of hydrogen-bond donors (Lipinski definition) is 2. The van der Waals surface area contributed by atoms with Crippen LogP contribution in [0.25, 0.3) is 11.1 Å². The van der Waals surface area contributed by atoms with Crippen LogP contribution in [0.3, 0.4) is 0 Å². The van der Waals surface area contributed by atoms with Gasteiger partial charge in [-0.25, -0.2) is 4.79 Å². The first-order chi connectivity index (χ1) is 30.2. The summed E-state index contributed by atoms with van der Waals surface area (Å²) in [5.74, 6) is -0.247. The first kappa shape index (κ1) is 44.0. The Hall–Kier alpha value is -6.02. The van der Waals surface area contributed by atoms with Crippen molar-refractivity contribution in [2.24, 2.45) is 22.9 Å².